The fraction of sp³-hybridized carbons (Fsp3) is 0.632. The molecule has 3 N–H and O–H groups in total. The molecule has 0 bridgehead atoms. The molecule has 5 nitrogen and oxygen atoms in total. The summed E-state index contributed by atoms with van der Waals surface area (Å²) in [5.41, 5.74) is 2.44. The van der Waals surface area contributed by atoms with Crippen molar-refractivity contribution in [3.05, 3.63) is 35.4 Å². The average Bonchev–Trinajstić information content (AvgIpc) is 3.02. The van der Waals surface area contributed by atoms with E-state index in [-0.39, 0.29) is 36.8 Å². The lowest BCUT2D eigenvalue weighted by atomic mass is 9.98. The first-order valence-electron chi connectivity index (χ1n) is 9.09. The van der Waals surface area contributed by atoms with Crippen LogP contribution >= 0.6 is 24.8 Å². The summed E-state index contributed by atoms with van der Waals surface area (Å²) < 4.78 is 0. The number of hydrogen-bond donors (Lipinski definition) is 3. The Morgan fingerprint density at radius 2 is 1.96 bits per heavy atom. The Morgan fingerprint density at radius 3 is 2.62 bits per heavy atom. The molecule has 7 heteroatoms. The van der Waals surface area contributed by atoms with E-state index < -0.39 is 6.10 Å². The van der Waals surface area contributed by atoms with E-state index in [0.717, 1.165) is 18.0 Å². The lowest BCUT2D eigenvalue weighted by Gasteiger charge is -2.30. The van der Waals surface area contributed by atoms with Crippen molar-refractivity contribution in [2.45, 2.75) is 51.4 Å². The van der Waals surface area contributed by atoms with E-state index in [4.69, 9.17) is 0 Å². The summed E-state index contributed by atoms with van der Waals surface area (Å²) in [7, 11) is 0. The second kappa shape index (κ2) is 11.1. The van der Waals surface area contributed by atoms with Gasteiger partial charge in [-0.3, -0.25) is 9.69 Å². The predicted molar refractivity (Wildman–Crippen MR) is 109 cm³/mol. The second-order valence-electron chi connectivity index (χ2n) is 7.35. The first-order chi connectivity index (χ1) is 11.6. The van der Waals surface area contributed by atoms with Gasteiger partial charge in [0, 0.05) is 19.6 Å². The summed E-state index contributed by atoms with van der Waals surface area (Å²) >= 11 is 0. The molecule has 1 amide bonds. The Bertz CT molecular complexity index is 565. The molecule has 0 saturated carbocycles. The molecule has 2 heterocycles. The third kappa shape index (κ3) is 6.71. The highest BCUT2D eigenvalue weighted by Gasteiger charge is 2.27. The van der Waals surface area contributed by atoms with Crippen molar-refractivity contribution in [3.8, 4) is 0 Å². The van der Waals surface area contributed by atoms with E-state index in [1.54, 1.807) is 0 Å². The maximum absolute atomic E-state index is 12.1. The fourth-order valence-electron chi connectivity index (χ4n) is 3.55. The van der Waals surface area contributed by atoms with Crippen LogP contribution in [-0.2, 0) is 17.9 Å². The lowest BCUT2D eigenvalue weighted by molar-refractivity contribution is -0.123. The Balaban J connectivity index is 0.00000169. The summed E-state index contributed by atoms with van der Waals surface area (Å²) in [5.74, 6) is 0.826. The quantitative estimate of drug-likeness (QED) is 0.704. The van der Waals surface area contributed by atoms with Crippen molar-refractivity contribution >= 4 is 30.7 Å². The number of carbonyl (C=O) groups excluding carboxylic acids is 1. The van der Waals surface area contributed by atoms with Crippen LogP contribution in [0, 0.1) is 5.92 Å². The van der Waals surface area contributed by atoms with Crippen LogP contribution in [-0.4, -0.2) is 47.7 Å². The van der Waals surface area contributed by atoms with E-state index in [1.807, 2.05) is 0 Å². The number of amides is 1. The van der Waals surface area contributed by atoms with Gasteiger partial charge in [-0.05, 0) is 49.4 Å². The lowest BCUT2D eigenvalue weighted by Crippen LogP contribution is -2.40. The summed E-state index contributed by atoms with van der Waals surface area (Å²) in [6.07, 6.45) is 2.67. The Labute approximate surface area is 168 Å². The van der Waals surface area contributed by atoms with Gasteiger partial charge in [0.2, 0.25) is 5.91 Å². The number of aliphatic hydroxyl groups is 1. The number of halogens is 2. The number of aliphatic hydroxyl groups excluding tert-OH is 1. The molecule has 1 aromatic rings. The molecule has 0 aromatic heterocycles. The van der Waals surface area contributed by atoms with Gasteiger partial charge in [0.05, 0.1) is 12.1 Å². The van der Waals surface area contributed by atoms with Crippen molar-refractivity contribution in [1.29, 1.82) is 0 Å². The highest BCUT2D eigenvalue weighted by molar-refractivity contribution is 5.85. The van der Waals surface area contributed by atoms with Crippen molar-refractivity contribution in [3.63, 3.8) is 0 Å². The Hall–Kier alpha value is -0.850. The topological polar surface area (TPSA) is 64.6 Å². The molecule has 2 fully saturated rings. The van der Waals surface area contributed by atoms with Gasteiger partial charge in [-0.2, -0.15) is 0 Å². The van der Waals surface area contributed by atoms with Gasteiger partial charge >= 0.3 is 0 Å². The minimum Gasteiger partial charge on any atom is -0.392 e. The standard InChI is InChI=1S/C19H29N3O2.2ClH/c1-14-5-7-22(8-6-14)13-16-4-2-3-15(9-16)11-21-19(24)18-10-17(23)12-20-18;;/h2-4,9,14,17-18,20,23H,5-8,10-13H2,1H3,(H,21,24);2*1H. The summed E-state index contributed by atoms with van der Waals surface area (Å²) in [5, 5.41) is 15.5. The average molecular weight is 404 g/mol. The number of rotatable bonds is 5. The van der Waals surface area contributed by atoms with Crippen LogP contribution in [0.5, 0.6) is 0 Å². The maximum Gasteiger partial charge on any atom is 0.237 e. The number of carbonyl (C=O) groups is 1. The number of hydrogen-bond acceptors (Lipinski definition) is 4. The van der Waals surface area contributed by atoms with Gasteiger partial charge in [0.25, 0.3) is 0 Å². The number of piperidine rings is 1. The van der Waals surface area contributed by atoms with E-state index >= 15 is 0 Å². The van der Waals surface area contributed by atoms with Gasteiger partial charge in [0.15, 0.2) is 0 Å². The molecule has 2 saturated heterocycles. The van der Waals surface area contributed by atoms with Crippen LogP contribution in [0.2, 0.25) is 0 Å². The van der Waals surface area contributed by atoms with Crippen LogP contribution in [0.15, 0.2) is 24.3 Å². The summed E-state index contributed by atoms with van der Waals surface area (Å²) in [6.45, 7) is 6.72. The number of nitrogens with zero attached hydrogens (tertiary/aromatic N) is 1. The van der Waals surface area contributed by atoms with Crippen molar-refractivity contribution in [1.82, 2.24) is 15.5 Å². The van der Waals surface area contributed by atoms with Gasteiger partial charge in [0.1, 0.15) is 0 Å². The number of β-amino-alcohol motifs (C(OH)–C–C–N with tert-alkyl or cyclic N) is 1. The zero-order valence-electron chi connectivity index (χ0n) is 15.3. The van der Waals surface area contributed by atoms with Gasteiger partial charge in [-0.1, -0.05) is 31.2 Å². The smallest absolute Gasteiger partial charge is 0.237 e. The zero-order valence-corrected chi connectivity index (χ0v) is 17.0. The molecule has 148 valence electrons. The molecule has 1 aromatic carbocycles. The van der Waals surface area contributed by atoms with Crippen LogP contribution in [0.4, 0.5) is 0 Å². The molecule has 2 unspecified atom stereocenters. The Kier molecular flexibility index (Phi) is 9.90. The van der Waals surface area contributed by atoms with Gasteiger partial charge < -0.3 is 15.7 Å². The fourth-order valence-corrected chi connectivity index (χ4v) is 3.55. The summed E-state index contributed by atoms with van der Waals surface area (Å²) in [4.78, 5) is 14.6. The highest BCUT2D eigenvalue weighted by Crippen LogP contribution is 2.18. The van der Waals surface area contributed by atoms with Crippen molar-refractivity contribution in [2.24, 2.45) is 5.92 Å². The largest absolute Gasteiger partial charge is 0.392 e. The van der Waals surface area contributed by atoms with Crippen LogP contribution in [0.25, 0.3) is 0 Å². The SMILES string of the molecule is CC1CCN(Cc2cccc(CNC(=O)C3CC(O)CN3)c2)CC1.Cl.Cl. The molecule has 2 atom stereocenters. The normalized spacial score (nSPS) is 23.8. The number of likely N-dealkylation sites (tertiary alicyclic amines) is 1. The predicted octanol–water partition coefficient (Wildman–Crippen LogP) is 2.10. The first kappa shape index (κ1) is 23.2. The molecular weight excluding hydrogens is 373 g/mol. The third-order valence-electron chi connectivity index (χ3n) is 5.16. The third-order valence-corrected chi connectivity index (χ3v) is 5.16. The molecule has 0 spiro atoms. The van der Waals surface area contributed by atoms with Crippen molar-refractivity contribution in [2.75, 3.05) is 19.6 Å². The van der Waals surface area contributed by atoms with Gasteiger partial charge in [-0.25, -0.2) is 0 Å². The van der Waals surface area contributed by atoms with Crippen molar-refractivity contribution < 1.29 is 9.90 Å². The minimum absolute atomic E-state index is 0. The van der Waals surface area contributed by atoms with Crippen LogP contribution in [0.1, 0.15) is 37.3 Å². The van der Waals surface area contributed by atoms with E-state index in [0.29, 0.717) is 19.5 Å². The summed E-state index contributed by atoms with van der Waals surface area (Å²) in [6, 6.07) is 8.21. The van der Waals surface area contributed by atoms with E-state index in [2.05, 4.69) is 46.7 Å². The van der Waals surface area contributed by atoms with Crippen LogP contribution in [0.3, 0.4) is 0 Å². The molecule has 2 aliphatic rings. The van der Waals surface area contributed by atoms with Crippen LogP contribution < -0.4 is 10.6 Å². The molecule has 2 aliphatic heterocycles. The molecule has 0 radical (unpaired) electrons. The monoisotopic (exact) mass is 403 g/mol. The van der Waals surface area contributed by atoms with E-state index in [9.17, 15) is 9.90 Å². The molecular formula is C19H31Cl2N3O2. The zero-order chi connectivity index (χ0) is 16.9. The highest BCUT2D eigenvalue weighted by atomic mass is 35.5. The number of nitrogens with one attached hydrogen (secondary N) is 2. The van der Waals surface area contributed by atoms with E-state index in [1.165, 1.54) is 31.5 Å². The molecule has 3 rings (SSSR count). The first-order valence-corrected chi connectivity index (χ1v) is 9.09. The maximum atomic E-state index is 12.1. The molecule has 26 heavy (non-hydrogen) atoms. The minimum atomic E-state index is -0.406. The Morgan fingerprint density at radius 1 is 1.27 bits per heavy atom. The van der Waals surface area contributed by atoms with Gasteiger partial charge in [-0.15, -0.1) is 24.8 Å². The number of benzene rings is 1. The molecule has 0 aliphatic carbocycles. The second-order valence-corrected chi connectivity index (χ2v) is 7.35.